The molecule has 2 aromatic heterocycles. The summed E-state index contributed by atoms with van der Waals surface area (Å²) in [5.74, 6) is -2.53. The third-order valence-electron chi connectivity index (χ3n) is 5.92. The van der Waals surface area contributed by atoms with E-state index in [1.807, 2.05) is 0 Å². The highest BCUT2D eigenvalue weighted by molar-refractivity contribution is 7.92. The summed E-state index contributed by atoms with van der Waals surface area (Å²) in [6.45, 7) is 0. The molecule has 1 N–H and O–H groups in total. The smallest absolute Gasteiger partial charge is 0.416 e. The first-order valence-electron chi connectivity index (χ1n) is 11.2. The molecule has 5 aromatic rings. The van der Waals surface area contributed by atoms with Crippen LogP contribution in [0.25, 0.3) is 27.7 Å². The molecule has 2 heterocycles. The number of hydrogen-bond donors (Lipinski definition) is 1. The molecule has 0 aliphatic rings. The van der Waals surface area contributed by atoms with Crippen LogP contribution >= 0.6 is 0 Å². The van der Waals surface area contributed by atoms with Gasteiger partial charge in [0.25, 0.3) is 15.6 Å². The molecule has 0 spiro atoms. The Morgan fingerprint density at radius 1 is 0.975 bits per heavy atom. The number of ether oxygens (including phenoxy) is 1. The molecule has 8 nitrogen and oxygen atoms in total. The SMILES string of the molecule is COc1cc(-c2cccc(C(F)(F)F)c2)c(F)cc1-n1c(=O)ccc2cc(S(=O)(=O)Nc3ccon3)c(F)cc21. The van der Waals surface area contributed by atoms with Crippen molar-refractivity contribution >= 4 is 26.7 Å². The van der Waals surface area contributed by atoms with Crippen LogP contribution in [0, 0.1) is 11.6 Å². The van der Waals surface area contributed by atoms with Gasteiger partial charge in [-0.2, -0.15) is 13.2 Å². The van der Waals surface area contributed by atoms with Crippen molar-refractivity contribution in [2.45, 2.75) is 11.1 Å². The Labute approximate surface area is 222 Å². The molecule has 0 aliphatic carbocycles. The third kappa shape index (κ3) is 4.88. The van der Waals surface area contributed by atoms with Crippen LogP contribution in [-0.4, -0.2) is 25.3 Å². The molecular formula is C26H16F5N3O5S. The number of nitrogens with zero attached hydrogens (tertiary/aromatic N) is 2. The summed E-state index contributed by atoms with van der Waals surface area (Å²) in [6.07, 6.45) is -3.55. The summed E-state index contributed by atoms with van der Waals surface area (Å²) in [6, 6.07) is 11.3. The summed E-state index contributed by atoms with van der Waals surface area (Å²) in [4.78, 5) is 12.2. The lowest BCUT2D eigenvalue weighted by Crippen LogP contribution is -2.20. The lowest BCUT2D eigenvalue weighted by atomic mass is 10.0. The zero-order chi connectivity index (χ0) is 28.8. The van der Waals surface area contributed by atoms with E-state index in [1.165, 1.54) is 25.3 Å². The number of halogens is 5. The second kappa shape index (κ2) is 9.79. The number of anilines is 1. The molecule has 0 atom stereocenters. The van der Waals surface area contributed by atoms with Crippen LogP contribution in [0.1, 0.15) is 5.56 Å². The van der Waals surface area contributed by atoms with Gasteiger partial charge in [0, 0.05) is 35.2 Å². The molecular weight excluding hydrogens is 561 g/mol. The van der Waals surface area contributed by atoms with E-state index in [1.54, 1.807) is 0 Å². The average molecular weight is 577 g/mol. The highest BCUT2D eigenvalue weighted by atomic mass is 32.2. The summed E-state index contributed by atoms with van der Waals surface area (Å²) in [7, 11) is -3.26. The first-order valence-corrected chi connectivity index (χ1v) is 12.7. The quantitative estimate of drug-likeness (QED) is 0.258. The number of alkyl halides is 3. The van der Waals surface area contributed by atoms with Gasteiger partial charge in [-0.3, -0.25) is 14.1 Å². The third-order valence-corrected chi connectivity index (χ3v) is 7.29. The Balaban J connectivity index is 1.67. The van der Waals surface area contributed by atoms with E-state index < -0.39 is 43.9 Å². The molecule has 0 saturated carbocycles. The van der Waals surface area contributed by atoms with Crippen molar-refractivity contribution in [1.82, 2.24) is 9.72 Å². The molecule has 0 amide bonds. The Bertz CT molecular complexity index is 1920. The van der Waals surface area contributed by atoms with Gasteiger partial charge < -0.3 is 9.26 Å². The van der Waals surface area contributed by atoms with Crippen molar-refractivity contribution < 1.29 is 39.6 Å². The van der Waals surface area contributed by atoms with E-state index in [-0.39, 0.29) is 39.3 Å². The van der Waals surface area contributed by atoms with Crippen molar-refractivity contribution in [3.63, 3.8) is 0 Å². The topological polar surface area (TPSA) is 103 Å². The molecule has 0 fully saturated rings. The number of nitrogens with one attached hydrogen (secondary N) is 1. The van der Waals surface area contributed by atoms with Crippen molar-refractivity contribution in [3.8, 4) is 22.6 Å². The molecule has 0 unspecified atom stereocenters. The van der Waals surface area contributed by atoms with Crippen LogP contribution in [0.5, 0.6) is 5.75 Å². The maximum atomic E-state index is 15.4. The first-order chi connectivity index (χ1) is 18.9. The van der Waals surface area contributed by atoms with Gasteiger partial charge in [-0.05, 0) is 35.9 Å². The van der Waals surface area contributed by atoms with Gasteiger partial charge in [-0.25, -0.2) is 17.2 Å². The molecule has 0 radical (unpaired) electrons. The number of sulfonamides is 1. The molecule has 3 aromatic carbocycles. The molecule has 5 rings (SSSR count). The second-order valence-corrected chi connectivity index (χ2v) is 10.1. The zero-order valence-electron chi connectivity index (χ0n) is 20.2. The zero-order valence-corrected chi connectivity index (χ0v) is 21.0. The Morgan fingerprint density at radius 2 is 1.75 bits per heavy atom. The van der Waals surface area contributed by atoms with Crippen LogP contribution in [0.3, 0.4) is 0 Å². The van der Waals surface area contributed by atoms with Gasteiger partial charge in [0.05, 0.1) is 23.9 Å². The number of pyridine rings is 1. The number of methoxy groups -OCH3 is 1. The molecule has 0 saturated heterocycles. The number of benzene rings is 3. The van der Waals surface area contributed by atoms with Crippen LogP contribution in [0.15, 0.2) is 87.2 Å². The Hall–Kier alpha value is -4.72. The molecule has 14 heteroatoms. The van der Waals surface area contributed by atoms with Crippen LogP contribution in [0.2, 0.25) is 0 Å². The molecule has 206 valence electrons. The fraction of sp³-hybridized carbons (Fsp3) is 0.0769. The maximum Gasteiger partial charge on any atom is 0.416 e. The van der Waals surface area contributed by atoms with Gasteiger partial charge in [-0.1, -0.05) is 17.3 Å². The van der Waals surface area contributed by atoms with Gasteiger partial charge in [-0.15, -0.1) is 0 Å². The van der Waals surface area contributed by atoms with Gasteiger partial charge >= 0.3 is 6.18 Å². The van der Waals surface area contributed by atoms with E-state index in [9.17, 15) is 26.4 Å². The number of rotatable bonds is 6. The lowest BCUT2D eigenvalue weighted by molar-refractivity contribution is -0.137. The largest absolute Gasteiger partial charge is 0.495 e. The summed E-state index contributed by atoms with van der Waals surface area (Å²) in [5, 5.41) is 3.51. The van der Waals surface area contributed by atoms with E-state index in [0.29, 0.717) is 0 Å². The van der Waals surface area contributed by atoms with E-state index in [2.05, 4.69) is 14.4 Å². The highest BCUT2D eigenvalue weighted by Gasteiger charge is 2.31. The van der Waals surface area contributed by atoms with E-state index in [4.69, 9.17) is 4.74 Å². The number of hydrogen-bond acceptors (Lipinski definition) is 6. The standard InChI is InChI=1S/C26H16F5N3O5S/c1-38-22-11-17(14-3-2-4-16(9-14)26(29,30)31)18(27)12-21(22)34-20-13-19(28)23(10-15(20)5-6-25(34)35)40(36,37)33-24-7-8-39-32-24/h2-13H,1H3,(H,32,33). The summed E-state index contributed by atoms with van der Waals surface area (Å²) >= 11 is 0. The molecule has 0 bridgehead atoms. The normalized spacial score (nSPS) is 12.1. The van der Waals surface area contributed by atoms with Crippen molar-refractivity contribution in [2.24, 2.45) is 0 Å². The highest BCUT2D eigenvalue weighted by Crippen LogP contribution is 2.37. The predicted octanol–water partition coefficient (Wildman–Crippen LogP) is 5.75. The van der Waals surface area contributed by atoms with Gasteiger partial charge in [0.2, 0.25) is 0 Å². The molecule has 40 heavy (non-hydrogen) atoms. The van der Waals surface area contributed by atoms with Gasteiger partial charge in [0.1, 0.15) is 28.5 Å². The second-order valence-electron chi connectivity index (χ2n) is 8.42. The van der Waals surface area contributed by atoms with Crippen molar-refractivity contribution in [2.75, 3.05) is 11.8 Å². The minimum atomic E-state index is -4.66. The fourth-order valence-corrected chi connectivity index (χ4v) is 5.21. The average Bonchev–Trinajstić information content (AvgIpc) is 3.40. The number of aromatic nitrogens is 2. The maximum absolute atomic E-state index is 15.4. The minimum Gasteiger partial charge on any atom is -0.495 e. The predicted molar refractivity (Wildman–Crippen MR) is 134 cm³/mol. The minimum absolute atomic E-state index is 0.0888. The Kier molecular flexibility index (Phi) is 6.58. The molecule has 0 aliphatic heterocycles. The van der Waals surface area contributed by atoms with Crippen LogP contribution in [-0.2, 0) is 16.2 Å². The number of fused-ring (bicyclic) bond motifs is 1. The lowest BCUT2D eigenvalue weighted by Gasteiger charge is -2.17. The van der Waals surface area contributed by atoms with E-state index in [0.717, 1.165) is 59.4 Å². The summed E-state index contributed by atoms with van der Waals surface area (Å²) in [5.41, 5.74) is -2.39. The Morgan fingerprint density at radius 3 is 2.42 bits per heavy atom. The fourth-order valence-electron chi connectivity index (χ4n) is 4.12. The first kappa shape index (κ1) is 26.9. The van der Waals surface area contributed by atoms with E-state index >= 15 is 8.78 Å². The monoisotopic (exact) mass is 577 g/mol. The van der Waals surface area contributed by atoms with Crippen LogP contribution < -0.4 is 15.0 Å². The van der Waals surface area contributed by atoms with Crippen molar-refractivity contribution in [1.29, 1.82) is 0 Å². The van der Waals surface area contributed by atoms with Crippen LogP contribution in [0.4, 0.5) is 27.8 Å². The van der Waals surface area contributed by atoms with Crippen molar-refractivity contribution in [3.05, 3.63) is 101 Å². The van der Waals surface area contributed by atoms with Gasteiger partial charge in [0.15, 0.2) is 5.82 Å². The summed E-state index contributed by atoms with van der Waals surface area (Å²) < 4.78 is 108.